The molecule has 2 N–H and O–H groups in total. The van der Waals surface area contributed by atoms with E-state index in [0.29, 0.717) is 10.7 Å². The molecule has 0 aliphatic carbocycles. The number of nitrogens with two attached hydrogens (primary N) is 1. The van der Waals surface area contributed by atoms with E-state index in [1.54, 1.807) is 18.2 Å². The van der Waals surface area contributed by atoms with Gasteiger partial charge in [-0.3, -0.25) is 0 Å². The van der Waals surface area contributed by atoms with Crippen LogP contribution in [0.3, 0.4) is 0 Å². The summed E-state index contributed by atoms with van der Waals surface area (Å²) in [6.45, 7) is 0. The summed E-state index contributed by atoms with van der Waals surface area (Å²) in [7, 11) is 0. The average molecular weight is 184 g/mol. The summed E-state index contributed by atoms with van der Waals surface area (Å²) in [5.74, 6) is 0. The van der Waals surface area contributed by atoms with E-state index in [1.165, 1.54) is 0 Å². The van der Waals surface area contributed by atoms with Gasteiger partial charge in [-0.15, -0.1) is 12.6 Å². The van der Waals surface area contributed by atoms with E-state index in [-0.39, 0.29) is 29.6 Å². The normalized spacial score (nSPS) is 8.60. The molecule has 50 valence electrons. The van der Waals surface area contributed by atoms with Crippen molar-refractivity contribution in [3.05, 3.63) is 23.2 Å². The van der Waals surface area contributed by atoms with E-state index < -0.39 is 0 Å². The van der Waals surface area contributed by atoms with Gasteiger partial charge < -0.3 is 5.73 Å². The van der Waals surface area contributed by atoms with Crippen molar-refractivity contribution in [2.75, 3.05) is 5.73 Å². The summed E-state index contributed by atoms with van der Waals surface area (Å²) >= 11 is 9.66. The predicted octanol–water partition coefficient (Wildman–Crippen LogP) is 1.56. The Morgan fingerprint density at radius 2 is 2.00 bits per heavy atom. The molecule has 0 radical (unpaired) electrons. The van der Waals surface area contributed by atoms with Crippen LogP contribution in [-0.2, 0) is 0 Å². The second-order valence-corrected chi connectivity index (χ2v) is 2.62. The molecule has 1 aromatic rings. The Kier molecular flexibility index (Phi) is 4.82. The topological polar surface area (TPSA) is 26.0 Å². The molecule has 0 heterocycles. The molecule has 10 heavy (non-hydrogen) atoms. The summed E-state index contributed by atoms with van der Waals surface area (Å²) in [5.41, 5.74) is 6.08. The quantitative estimate of drug-likeness (QED) is 0.357. The van der Waals surface area contributed by atoms with Gasteiger partial charge in [-0.05, 0) is 18.2 Å². The van der Waals surface area contributed by atoms with Crippen molar-refractivity contribution in [1.29, 1.82) is 0 Å². The van der Waals surface area contributed by atoms with Crippen LogP contribution in [0.4, 0.5) is 5.69 Å². The van der Waals surface area contributed by atoms with Gasteiger partial charge in [0.25, 0.3) is 0 Å². The first-order chi connectivity index (χ1) is 4.20. The van der Waals surface area contributed by atoms with Crippen molar-refractivity contribution in [2.45, 2.75) is 4.90 Å². The molecule has 4 heteroatoms. The number of anilines is 1. The zero-order chi connectivity index (χ0) is 6.85. The molecule has 0 amide bonds. The number of rotatable bonds is 0. The minimum atomic E-state index is 0. The SMILES string of the molecule is Nc1cc(Cl)ccc1S.[NaH]. The molecule has 0 saturated carbocycles. The molecule has 0 saturated heterocycles. The number of hydrogen-bond acceptors (Lipinski definition) is 2. The van der Waals surface area contributed by atoms with Gasteiger partial charge in [0, 0.05) is 15.6 Å². The Morgan fingerprint density at radius 1 is 1.40 bits per heavy atom. The van der Waals surface area contributed by atoms with Crippen LogP contribution in [-0.4, -0.2) is 29.6 Å². The number of nitrogen functional groups attached to an aromatic ring is 1. The fourth-order valence-corrected chi connectivity index (χ4v) is 0.845. The average Bonchev–Trinajstić information content (AvgIpc) is 1.80. The predicted molar refractivity (Wildman–Crippen MR) is 50.3 cm³/mol. The van der Waals surface area contributed by atoms with Crippen molar-refractivity contribution in [3.63, 3.8) is 0 Å². The molecule has 1 nitrogen and oxygen atoms in total. The molecule has 0 bridgehead atoms. The molecule has 1 aromatic carbocycles. The molecule has 0 aromatic heterocycles. The molecule has 0 aliphatic rings. The van der Waals surface area contributed by atoms with E-state index in [4.69, 9.17) is 17.3 Å². The van der Waals surface area contributed by atoms with Gasteiger partial charge in [-0.2, -0.15) is 0 Å². The van der Waals surface area contributed by atoms with E-state index in [9.17, 15) is 0 Å². The van der Waals surface area contributed by atoms with Crippen LogP contribution >= 0.6 is 24.2 Å². The standard InChI is InChI=1S/C6H6ClNS.Na.H/c7-4-1-2-6(9)5(8)3-4;;/h1-3,9H,8H2;;. The van der Waals surface area contributed by atoms with Crippen LogP contribution in [0, 0.1) is 0 Å². The van der Waals surface area contributed by atoms with Gasteiger partial charge in [-0.25, -0.2) is 0 Å². The van der Waals surface area contributed by atoms with Crippen LogP contribution in [0.5, 0.6) is 0 Å². The molecular formula is C6H7ClNNaS. The maximum absolute atomic E-state index is 5.60. The first-order valence-electron chi connectivity index (χ1n) is 2.44. The first-order valence-corrected chi connectivity index (χ1v) is 3.26. The minimum absolute atomic E-state index is 0. The van der Waals surface area contributed by atoms with Crippen LogP contribution in [0.1, 0.15) is 0 Å². The van der Waals surface area contributed by atoms with Crippen LogP contribution in [0.25, 0.3) is 0 Å². The van der Waals surface area contributed by atoms with Crippen molar-refractivity contribution < 1.29 is 0 Å². The first kappa shape index (κ1) is 10.7. The third-order valence-electron chi connectivity index (χ3n) is 0.990. The molecule has 0 atom stereocenters. The fourth-order valence-electron chi connectivity index (χ4n) is 0.525. The maximum atomic E-state index is 5.60. The Balaban J connectivity index is 0.000000810. The second-order valence-electron chi connectivity index (χ2n) is 1.70. The summed E-state index contributed by atoms with van der Waals surface area (Å²) in [6.07, 6.45) is 0. The van der Waals surface area contributed by atoms with Crippen LogP contribution < -0.4 is 5.73 Å². The van der Waals surface area contributed by atoms with Gasteiger partial charge in [0.2, 0.25) is 0 Å². The Labute approximate surface area is 92.6 Å². The van der Waals surface area contributed by atoms with Crippen molar-refractivity contribution in [3.8, 4) is 0 Å². The Morgan fingerprint density at radius 3 is 2.40 bits per heavy atom. The number of thiol groups is 1. The van der Waals surface area contributed by atoms with Crippen LogP contribution in [0.15, 0.2) is 23.1 Å². The summed E-state index contributed by atoms with van der Waals surface area (Å²) in [5, 5.41) is 0.644. The zero-order valence-electron chi connectivity index (χ0n) is 4.63. The number of hydrogen-bond donors (Lipinski definition) is 2. The molecule has 0 aliphatic heterocycles. The molecule has 0 unspecified atom stereocenters. The van der Waals surface area contributed by atoms with Gasteiger partial charge in [-0.1, -0.05) is 11.6 Å². The number of halogens is 1. The fraction of sp³-hybridized carbons (Fsp3) is 0. The van der Waals surface area contributed by atoms with E-state index in [1.807, 2.05) is 0 Å². The van der Waals surface area contributed by atoms with Crippen molar-refractivity contribution >= 4 is 59.5 Å². The molecule has 0 spiro atoms. The summed E-state index contributed by atoms with van der Waals surface area (Å²) in [6, 6.07) is 5.19. The third kappa shape index (κ3) is 2.72. The monoisotopic (exact) mass is 183 g/mol. The molecule has 1 rings (SSSR count). The zero-order valence-corrected chi connectivity index (χ0v) is 6.28. The molecule has 0 fully saturated rings. The second kappa shape index (κ2) is 4.52. The van der Waals surface area contributed by atoms with E-state index in [2.05, 4.69) is 12.6 Å². The van der Waals surface area contributed by atoms with Gasteiger partial charge in [0.1, 0.15) is 0 Å². The van der Waals surface area contributed by atoms with Crippen molar-refractivity contribution in [1.82, 2.24) is 0 Å². The molecular weight excluding hydrogens is 177 g/mol. The summed E-state index contributed by atoms with van der Waals surface area (Å²) < 4.78 is 0. The Bertz CT molecular complexity index is 229. The van der Waals surface area contributed by atoms with Crippen molar-refractivity contribution in [2.24, 2.45) is 0 Å². The van der Waals surface area contributed by atoms with E-state index in [0.717, 1.165) is 4.90 Å². The van der Waals surface area contributed by atoms with Gasteiger partial charge >= 0.3 is 29.6 Å². The third-order valence-corrected chi connectivity index (χ3v) is 1.63. The number of benzene rings is 1. The van der Waals surface area contributed by atoms with Gasteiger partial charge in [0.15, 0.2) is 0 Å². The Hall–Kier alpha value is 0.660. The van der Waals surface area contributed by atoms with Gasteiger partial charge in [0.05, 0.1) is 0 Å². The van der Waals surface area contributed by atoms with Crippen LogP contribution in [0.2, 0.25) is 5.02 Å². The van der Waals surface area contributed by atoms with E-state index >= 15 is 0 Å². The summed E-state index contributed by atoms with van der Waals surface area (Å²) in [4.78, 5) is 0.763.